The molecule has 2 aromatic heterocycles. The van der Waals surface area contributed by atoms with Crippen molar-refractivity contribution < 1.29 is 10.2 Å². The number of hydrogen-bond donors (Lipinski definition) is 2. The van der Waals surface area contributed by atoms with E-state index < -0.39 is 0 Å². The molecule has 0 aliphatic rings. The van der Waals surface area contributed by atoms with Gasteiger partial charge >= 0.3 is 0 Å². The van der Waals surface area contributed by atoms with Crippen molar-refractivity contribution in [3.8, 4) is 0 Å². The first-order valence-electron chi connectivity index (χ1n) is 9.68. The molecule has 2 heterocycles. The van der Waals surface area contributed by atoms with E-state index in [2.05, 4.69) is 11.1 Å². The molecule has 0 unspecified atom stereocenters. The van der Waals surface area contributed by atoms with Gasteiger partial charge in [-0.2, -0.15) is 0 Å². The lowest BCUT2D eigenvalue weighted by Gasteiger charge is -2.24. The second kappa shape index (κ2) is 8.82. The van der Waals surface area contributed by atoms with Gasteiger partial charge in [0, 0.05) is 35.7 Å². The SMILES string of the molecule is OCCN(CCO)c1cc(/C=C\c2ccnc3ccccc23)nc2ccccc12. The second-order valence-corrected chi connectivity index (χ2v) is 6.77. The van der Waals surface area contributed by atoms with Crippen LogP contribution in [0.15, 0.2) is 66.9 Å². The summed E-state index contributed by atoms with van der Waals surface area (Å²) >= 11 is 0. The zero-order valence-corrected chi connectivity index (χ0v) is 16.1. The van der Waals surface area contributed by atoms with E-state index in [1.165, 1.54) is 0 Å². The monoisotopic (exact) mass is 385 g/mol. The predicted octanol–water partition coefficient (Wildman–Crippen LogP) is 3.74. The molecule has 0 saturated carbocycles. The molecule has 0 atom stereocenters. The molecule has 146 valence electrons. The van der Waals surface area contributed by atoms with E-state index in [1.807, 2.05) is 77.8 Å². The fourth-order valence-electron chi connectivity index (χ4n) is 3.56. The Morgan fingerprint density at radius 1 is 0.793 bits per heavy atom. The third-order valence-electron chi connectivity index (χ3n) is 4.91. The summed E-state index contributed by atoms with van der Waals surface area (Å²) in [7, 11) is 0. The first-order valence-corrected chi connectivity index (χ1v) is 9.68. The molecular formula is C24H23N3O2. The average Bonchev–Trinajstić information content (AvgIpc) is 2.77. The minimum absolute atomic E-state index is 0.0187. The van der Waals surface area contributed by atoms with Crippen LogP contribution >= 0.6 is 0 Å². The summed E-state index contributed by atoms with van der Waals surface area (Å²) in [6.07, 6.45) is 5.85. The van der Waals surface area contributed by atoms with Gasteiger partial charge in [0.1, 0.15) is 0 Å². The fraction of sp³-hybridized carbons (Fsp3) is 0.167. The van der Waals surface area contributed by atoms with Crippen LogP contribution in [0, 0.1) is 0 Å². The van der Waals surface area contributed by atoms with E-state index in [9.17, 15) is 10.2 Å². The number of pyridine rings is 2. The smallest absolute Gasteiger partial charge is 0.0730 e. The van der Waals surface area contributed by atoms with E-state index in [0.717, 1.165) is 38.8 Å². The van der Waals surface area contributed by atoms with Crippen LogP contribution in [-0.4, -0.2) is 46.5 Å². The van der Waals surface area contributed by atoms with Crippen molar-refractivity contribution in [2.75, 3.05) is 31.2 Å². The number of rotatable bonds is 7. The molecule has 0 saturated heterocycles. The van der Waals surface area contributed by atoms with Crippen molar-refractivity contribution in [3.05, 3.63) is 78.1 Å². The van der Waals surface area contributed by atoms with Crippen LogP contribution < -0.4 is 4.90 Å². The molecule has 0 spiro atoms. The summed E-state index contributed by atoms with van der Waals surface area (Å²) in [6.45, 7) is 0.940. The third-order valence-corrected chi connectivity index (χ3v) is 4.91. The predicted molar refractivity (Wildman–Crippen MR) is 119 cm³/mol. The fourth-order valence-corrected chi connectivity index (χ4v) is 3.56. The lowest BCUT2D eigenvalue weighted by Crippen LogP contribution is -2.30. The number of aromatic nitrogens is 2. The van der Waals surface area contributed by atoms with Gasteiger partial charge in [0.2, 0.25) is 0 Å². The summed E-state index contributed by atoms with van der Waals surface area (Å²) in [5, 5.41) is 21.0. The normalized spacial score (nSPS) is 11.5. The van der Waals surface area contributed by atoms with Crippen LogP contribution in [0.1, 0.15) is 11.3 Å². The molecule has 2 N–H and O–H groups in total. The molecule has 0 bridgehead atoms. The third kappa shape index (κ3) is 4.11. The van der Waals surface area contributed by atoms with Crippen LogP contribution in [-0.2, 0) is 0 Å². The summed E-state index contributed by atoms with van der Waals surface area (Å²) in [4.78, 5) is 11.2. The lowest BCUT2D eigenvalue weighted by molar-refractivity contribution is 0.281. The molecule has 29 heavy (non-hydrogen) atoms. The van der Waals surface area contributed by atoms with E-state index in [1.54, 1.807) is 0 Å². The lowest BCUT2D eigenvalue weighted by atomic mass is 10.1. The molecule has 5 nitrogen and oxygen atoms in total. The molecular weight excluding hydrogens is 362 g/mol. The molecule has 0 amide bonds. The van der Waals surface area contributed by atoms with Crippen LogP contribution in [0.3, 0.4) is 0 Å². The highest BCUT2D eigenvalue weighted by atomic mass is 16.3. The Balaban J connectivity index is 1.78. The Bertz CT molecular complexity index is 1150. The van der Waals surface area contributed by atoms with Crippen molar-refractivity contribution in [3.63, 3.8) is 0 Å². The number of anilines is 1. The van der Waals surface area contributed by atoms with Crippen molar-refractivity contribution in [2.45, 2.75) is 0 Å². The van der Waals surface area contributed by atoms with Gasteiger partial charge in [-0.05, 0) is 35.9 Å². The minimum atomic E-state index is 0.0187. The van der Waals surface area contributed by atoms with Crippen LogP contribution in [0.5, 0.6) is 0 Å². The zero-order valence-electron chi connectivity index (χ0n) is 16.1. The maximum atomic E-state index is 9.46. The molecule has 5 heteroatoms. The highest BCUT2D eigenvalue weighted by molar-refractivity contribution is 5.94. The number of aliphatic hydroxyl groups is 2. The number of fused-ring (bicyclic) bond motifs is 2. The number of hydrogen-bond acceptors (Lipinski definition) is 5. The standard InChI is InChI=1S/C24H23N3O2/c28-15-13-27(14-16-29)24-17-19(26-23-8-4-2-6-21(23)24)10-9-18-11-12-25-22-7-3-1-5-20(18)22/h1-12,17,28-29H,13-16H2/b10-9-. The summed E-state index contributed by atoms with van der Waals surface area (Å²) in [5.41, 5.74) is 4.69. The first kappa shape index (κ1) is 19.1. The van der Waals surface area contributed by atoms with Crippen LogP contribution in [0.4, 0.5) is 5.69 Å². The van der Waals surface area contributed by atoms with Gasteiger partial charge < -0.3 is 15.1 Å². The van der Waals surface area contributed by atoms with Gasteiger partial charge in [0.25, 0.3) is 0 Å². The molecule has 0 fully saturated rings. The van der Waals surface area contributed by atoms with Gasteiger partial charge in [0.05, 0.1) is 29.9 Å². The van der Waals surface area contributed by atoms with Crippen molar-refractivity contribution in [1.82, 2.24) is 9.97 Å². The first-order chi connectivity index (χ1) is 14.3. The quantitative estimate of drug-likeness (QED) is 0.507. The molecule has 4 aromatic rings. The molecule has 0 aliphatic carbocycles. The van der Waals surface area contributed by atoms with Gasteiger partial charge in [-0.25, -0.2) is 4.98 Å². The largest absolute Gasteiger partial charge is 0.395 e. The van der Waals surface area contributed by atoms with Gasteiger partial charge in [-0.1, -0.05) is 42.5 Å². The molecule has 4 rings (SSSR count). The van der Waals surface area contributed by atoms with Crippen molar-refractivity contribution >= 4 is 39.6 Å². The van der Waals surface area contributed by atoms with E-state index >= 15 is 0 Å². The van der Waals surface area contributed by atoms with Crippen molar-refractivity contribution in [2.24, 2.45) is 0 Å². The number of aliphatic hydroxyl groups excluding tert-OH is 2. The Hall–Kier alpha value is -3.28. The number of benzene rings is 2. The number of nitrogens with zero attached hydrogens (tertiary/aromatic N) is 3. The Kier molecular flexibility index (Phi) is 5.79. The van der Waals surface area contributed by atoms with Gasteiger partial charge in [-0.15, -0.1) is 0 Å². The molecule has 0 aliphatic heterocycles. The van der Waals surface area contributed by atoms with E-state index in [0.29, 0.717) is 13.1 Å². The summed E-state index contributed by atoms with van der Waals surface area (Å²) in [6, 6.07) is 20.0. The van der Waals surface area contributed by atoms with Gasteiger partial charge in [-0.3, -0.25) is 4.98 Å². The van der Waals surface area contributed by atoms with Crippen LogP contribution in [0.2, 0.25) is 0 Å². The Morgan fingerprint density at radius 3 is 2.24 bits per heavy atom. The molecule has 0 radical (unpaired) electrons. The zero-order chi connectivity index (χ0) is 20.1. The van der Waals surface area contributed by atoms with E-state index in [-0.39, 0.29) is 13.2 Å². The summed E-state index contributed by atoms with van der Waals surface area (Å²) < 4.78 is 0. The van der Waals surface area contributed by atoms with Crippen molar-refractivity contribution in [1.29, 1.82) is 0 Å². The minimum Gasteiger partial charge on any atom is -0.395 e. The average molecular weight is 385 g/mol. The topological polar surface area (TPSA) is 69.5 Å². The number of para-hydroxylation sites is 2. The maximum absolute atomic E-state index is 9.46. The second-order valence-electron chi connectivity index (χ2n) is 6.77. The Morgan fingerprint density at radius 2 is 1.48 bits per heavy atom. The molecule has 2 aromatic carbocycles. The van der Waals surface area contributed by atoms with Gasteiger partial charge in [0.15, 0.2) is 0 Å². The maximum Gasteiger partial charge on any atom is 0.0730 e. The van der Waals surface area contributed by atoms with E-state index in [4.69, 9.17) is 4.98 Å². The Labute approximate surface area is 169 Å². The highest BCUT2D eigenvalue weighted by Crippen LogP contribution is 2.28. The highest BCUT2D eigenvalue weighted by Gasteiger charge is 2.11. The summed E-state index contributed by atoms with van der Waals surface area (Å²) in [5.74, 6) is 0. The van der Waals surface area contributed by atoms with Crippen LogP contribution in [0.25, 0.3) is 34.0 Å².